The van der Waals surface area contributed by atoms with Crippen molar-refractivity contribution in [2.75, 3.05) is 19.6 Å². The van der Waals surface area contributed by atoms with Gasteiger partial charge in [0, 0.05) is 18.5 Å². The van der Waals surface area contributed by atoms with Gasteiger partial charge in [-0.15, -0.1) is 0 Å². The van der Waals surface area contributed by atoms with Gasteiger partial charge >= 0.3 is 6.03 Å². The molecular formula is C11H20N2O2. The molecule has 0 radical (unpaired) electrons. The molecule has 1 heterocycles. The molecule has 1 aliphatic heterocycles. The zero-order valence-electron chi connectivity index (χ0n) is 9.80. The summed E-state index contributed by atoms with van der Waals surface area (Å²) in [7, 11) is 0. The van der Waals surface area contributed by atoms with E-state index in [0.717, 1.165) is 25.9 Å². The fourth-order valence-electron chi connectivity index (χ4n) is 1.45. The first kappa shape index (κ1) is 12.0. The average Bonchev–Trinajstić information content (AvgIpc) is 2.64. The number of carbonyl (C=O) groups is 2. The molecule has 0 aromatic heterocycles. The lowest BCUT2D eigenvalue weighted by molar-refractivity contribution is -0.125. The van der Waals surface area contributed by atoms with Crippen LogP contribution in [0.4, 0.5) is 4.79 Å². The quantitative estimate of drug-likeness (QED) is 0.752. The minimum atomic E-state index is -0.377. The third-order valence-corrected chi connectivity index (χ3v) is 2.63. The topological polar surface area (TPSA) is 49.4 Å². The van der Waals surface area contributed by atoms with Crippen molar-refractivity contribution in [3.05, 3.63) is 0 Å². The summed E-state index contributed by atoms with van der Waals surface area (Å²) >= 11 is 0. The van der Waals surface area contributed by atoms with Crippen molar-refractivity contribution in [2.24, 2.45) is 5.41 Å². The van der Waals surface area contributed by atoms with Gasteiger partial charge in [0.05, 0.1) is 6.54 Å². The van der Waals surface area contributed by atoms with Crippen LogP contribution in [0.15, 0.2) is 0 Å². The Balaban J connectivity index is 2.30. The van der Waals surface area contributed by atoms with Crippen LogP contribution in [0.5, 0.6) is 0 Å². The highest BCUT2D eigenvalue weighted by molar-refractivity contribution is 5.88. The Hall–Kier alpha value is -1.06. The standard InChI is InChI=1S/C11H20N2O2/c1-11(2,3)9(14)8-12-10(15)13-6-4-5-7-13/h4-8H2,1-3H3,(H,12,15). The minimum Gasteiger partial charge on any atom is -0.331 e. The zero-order chi connectivity index (χ0) is 11.5. The van der Waals surface area contributed by atoms with Crippen LogP contribution in [0.25, 0.3) is 0 Å². The molecule has 15 heavy (non-hydrogen) atoms. The lowest BCUT2D eigenvalue weighted by atomic mass is 9.91. The van der Waals surface area contributed by atoms with Gasteiger partial charge < -0.3 is 10.2 Å². The van der Waals surface area contributed by atoms with Gasteiger partial charge in [0.1, 0.15) is 0 Å². The van der Waals surface area contributed by atoms with Crippen LogP contribution in [-0.2, 0) is 4.79 Å². The van der Waals surface area contributed by atoms with Crippen molar-refractivity contribution >= 4 is 11.8 Å². The molecule has 0 atom stereocenters. The van der Waals surface area contributed by atoms with Gasteiger partial charge in [0.25, 0.3) is 0 Å². The first-order chi connectivity index (χ1) is 6.91. The van der Waals surface area contributed by atoms with E-state index in [1.54, 1.807) is 4.90 Å². The van der Waals surface area contributed by atoms with Crippen molar-refractivity contribution in [1.29, 1.82) is 0 Å². The minimum absolute atomic E-state index is 0.0649. The molecule has 0 aliphatic carbocycles. The Labute approximate surface area is 91.0 Å². The van der Waals surface area contributed by atoms with Crippen LogP contribution in [0.2, 0.25) is 0 Å². The van der Waals surface area contributed by atoms with E-state index in [1.165, 1.54) is 0 Å². The van der Waals surface area contributed by atoms with E-state index in [0.29, 0.717) is 0 Å². The Morgan fingerprint density at radius 2 is 1.73 bits per heavy atom. The van der Waals surface area contributed by atoms with Crippen molar-refractivity contribution < 1.29 is 9.59 Å². The molecule has 0 aromatic carbocycles. The Kier molecular flexibility index (Phi) is 3.72. The summed E-state index contributed by atoms with van der Waals surface area (Å²) < 4.78 is 0. The molecule has 0 aromatic rings. The number of likely N-dealkylation sites (tertiary alicyclic amines) is 1. The van der Waals surface area contributed by atoms with E-state index in [1.807, 2.05) is 20.8 Å². The molecule has 2 amide bonds. The molecule has 0 saturated carbocycles. The van der Waals surface area contributed by atoms with Crippen LogP contribution in [0.1, 0.15) is 33.6 Å². The molecule has 1 N–H and O–H groups in total. The lowest BCUT2D eigenvalue weighted by Crippen LogP contribution is -2.42. The Bertz CT molecular complexity index is 250. The largest absolute Gasteiger partial charge is 0.331 e. The summed E-state index contributed by atoms with van der Waals surface area (Å²) in [6.45, 7) is 7.34. The number of hydrogen-bond donors (Lipinski definition) is 1. The number of nitrogens with one attached hydrogen (secondary N) is 1. The number of rotatable bonds is 2. The number of amides is 2. The number of carbonyl (C=O) groups excluding carboxylic acids is 2. The summed E-state index contributed by atoms with van der Waals surface area (Å²) in [5, 5.41) is 2.67. The molecule has 4 nitrogen and oxygen atoms in total. The van der Waals surface area contributed by atoms with E-state index in [-0.39, 0.29) is 23.8 Å². The SMILES string of the molecule is CC(C)(C)C(=O)CNC(=O)N1CCCC1. The molecule has 1 rings (SSSR count). The number of nitrogens with zero attached hydrogens (tertiary/aromatic N) is 1. The fraction of sp³-hybridized carbons (Fsp3) is 0.818. The van der Waals surface area contributed by atoms with E-state index >= 15 is 0 Å². The predicted molar refractivity (Wildman–Crippen MR) is 58.7 cm³/mol. The zero-order valence-corrected chi connectivity index (χ0v) is 9.80. The highest BCUT2D eigenvalue weighted by Crippen LogP contribution is 2.13. The monoisotopic (exact) mass is 212 g/mol. The second-order valence-corrected chi connectivity index (χ2v) is 5.03. The van der Waals surface area contributed by atoms with E-state index < -0.39 is 0 Å². The first-order valence-corrected chi connectivity index (χ1v) is 5.47. The van der Waals surface area contributed by atoms with Crippen molar-refractivity contribution in [2.45, 2.75) is 33.6 Å². The summed E-state index contributed by atoms with van der Waals surface area (Å²) in [5.41, 5.74) is -0.377. The molecule has 1 saturated heterocycles. The Morgan fingerprint density at radius 1 is 1.20 bits per heavy atom. The van der Waals surface area contributed by atoms with E-state index in [2.05, 4.69) is 5.32 Å². The maximum absolute atomic E-state index is 11.6. The van der Waals surface area contributed by atoms with Gasteiger partial charge in [-0.25, -0.2) is 4.79 Å². The summed E-state index contributed by atoms with van der Waals surface area (Å²) in [6, 6.07) is -0.106. The summed E-state index contributed by atoms with van der Waals surface area (Å²) in [6.07, 6.45) is 2.14. The van der Waals surface area contributed by atoms with Crippen LogP contribution in [0.3, 0.4) is 0 Å². The lowest BCUT2D eigenvalue weighted by Gasteiger charge is -2.19. The second kappa shape index (κ2) is 4.64. The number of hydrogen-bond acceptors (Lipinski definition) is 2. The summed E-state index contributed by atoms with van der Waals surface area (Å²) in [4.78, 5) is 24.8. The maximum atomic E-state index is 11.6. The highest BCUT2D eigenvalue weighted by atomic mass is 16.2. The van der Waals surface area contributed by atoms with Crippen LogP contribution in [-0.4, -0.2) is 36.3 Å². The molecule has 4 heteroatoms. The van der Waals surface area contributed by atoms with Gasteiger partial charge in [-0.05, 0) is 12.8 Å². The maximum Gasteiger partial charge on any atom is 0.317 e. The normalized spacial score (nSPS) is 16.6. The van der Waals surface area contributed by atoms with Crippen molar-refractivity contribution in [3.8, 4) is 0 Å². The van der Waals surface area contributed by atoms with Gasteiger partial charge in [0.15, 0.2) is 5.78 Å². The number of Topliss-reactive ketones (excluding diaryl/α,β-unsaturated/α-hetero) is 1. The van der Waals surface area contributed by atoms with Crippen molar-refractivity contribution in [3.63, 3.8) is 0 Å². The molecule has 0 bridgehead atoms. The molecule has 86 valence electrons. The van der Waals surface area contributed by atoms with Gasteiger partial charge in [-0.3, -0.25) is 4.79 Å². The number of urea groups is 1. The van der Waals surface area contributed by atoms with E-state index in [4.69, 9.17) is 0 Å². The third kappa shape index (κ3) is 3.53. The van der Waals surface area contributed by atoms with Gasteiger partial charge in [-0.2, -0.15) is 0 Å². The van der Waals surface area contributed by atoms with Gasteiger partial charge in [-0.1, -0.05) is 20.8 Å². The van der Waals surface area contributed by atoms with Gasteiger partial charge in [0.2, 0.25) is 0 Å². The molecule has 0 unspecified atom stereocenters. The highest BCUT2D eigenvalue weighted by Gasteiger charge is 2.23. The summed E-state index contributed by atoms with van der Waals surface area (Å²) in [5.74, 6) is 0.0649. The van der Waals surface area contributed by atoms with Crippen molar-refractivity contribution in [1.82, 2.24) is 10.2 Å². The van der Waals surface area contributed by atoms with Crippen LogP contribution < -0.4 is 5.32 Å². The smallest absolute Gasteiger partial charge is 0.317 e. The fourth-order valence-corrected chi connectivity index (χ4v) is 1.45. The third-order valence-electron chi connectivity index (χ3n) is 2.63. The van der Waals surface area contributed by atoms with Crippen LogP contribution in [0, 0.1) is 5.41 Å². The van der Waals surface area contributed by atoms with E-state index in [9.17, 15) is 9.59 Å². The van der Waals surface area contributed by atoms with Crippen LogP contribution >= 0.6 is 0 Å². The molecule has 0 spiro atoms. The molecule has 1 fully saturated rings. The number of ketones is 1. The molecular weight excluding hydrogens is 192 g/mol. The average molecular weight is 212 g/mol. The predicted octanol–water partition coefficient (Wildman–Crippen LogP) is 1.41. The second-order valence-electron chi connectivity index (χ2n) is 5.03. The first-order valence-electron chi connectivity index (χ1n) is 5.47. The molecule has 1 aliphatic rings. The Morgan fingerprint density at radius 3 is 2.20 bits per heavy atom.